The third-order valence-electron chi connectivity index (χ3n) is 1.66. The molecule has 1 amide bonds. The summed E-state index contributed by atoms with van der Waals surface area (Å²) in [5.74, 6) is -1.08. The van der Waals surface area contributed by atoms with Gasteiger partial charge in [-0.3, -0.25) is 4.79 Å². The van der Waals surface area contributed by atoms with Gasteiger partial charge >= 0.3 is 0 Å². The zero-order chi connectivity index (χ0) is 10.9. The molecule has 0 spiro atoms. The second kappa shape index (κ2) is 4.28. The molecule has 0 aromatic heterocycles. The van der Waals surface area contributed by atoms with Crippen LogP contribution in [0.3, 0.4) is 0 Å². The number of amides is 1. The molecule has 5 heteroatoms. The van der Waals surface area contributed by atoms with Gasteiger partial charge in [0.15, 0.2) is 5.82 Å². The molecule has 0 unspecified atom stereocenters. The third kappa shape index (κ3) is 2.07. The van der Waals surface area contributed by atoms with Crippen molar-refractivity contribution in [2.75, 3.05) is 14.1 Å². The number of hydrogen-bond acceptors (Lipinski definition) is 1. The maximum Gasteiger partial charge on any atom is 0.257 e. The summed E-state index contributed by atoms with van der Waals surface area (Å²) in [4.78, 5) is 12.8. The Kier molecular flexibility index (Phi) is 3.50. The first-order chi connectivity index (χ1) is 6.45. The average Bonchev–Trinajstić information content (AvgIpc) is 2.12. The highest BCUT2D eigenvalue weighted by molar-refractivity contribution is 9.10. The van der Waals surface area contributed by atoms with Gasteiger partial charge < -0.3 is 4.90 Å². The summed E-state index contributed by atoms with van der Waals surface area (Å²) in [6.07, 6.45) is 0. The van der Waals surface area contributed by atoms with Crippen molar-refractivity contribution in [3.05, 3.63) is 33.0 Å². The fourth-order valence-electron chi connectivity index (χ4n) is 0.947. The van der Waals surface area contributed by atoms with E-state index in [4.69, 9.17) is 11.6 Å². The van der Waals surface area contributed by atoms with E-state index in [0.29, 0.717) is 0 Å². The summed E-state index contributed by atoms with van der Waals surface area (Å²) in [6, 6.07) is 2.94. The highest BCUT2D eigenvalue weighted by Crippen LogP contribution is 2.26. The van der Waals surface area contributed by atoms with Crippen LogP contribution in [0.4, 0.5) is 4.39 Å². The van der Waals surface area contributed by atoms with Gasteiger partial charge in [-0.25, -0.2) is 4.39 Å². The largest absolute Gasteiger partial charge is 0.345 e. The molecule has 0 N–H and O–H groups in total. The van der Waals surface area contributed by atoms with Crippen molar-refractivity contribution in [1.82, 2.24) is 4.90 Å². The average molecular weight is 281 g/mol. The van der Waals surface area contributed by atoms with E-state index in [1.807, 2.05) is 0 Å². The van der Waals surface area contributed by atoms with Crippen molar-refractivity contribution in [1.29, 1.82) is 0 Å². The van der Waals surface area contributed by atoms with Crippen molar-refractivity contribution in [2.24, 2.45) is 0 Å². The molecule has 1 aromatic carbocycles. The van der Waals surface area contributed by atoms with E-state index in [9.17, 15) is 9.18 Å². The molecule has 0 heterocycles. The fraction of sp³-hybridized carbons (Fsp3) is 0.222. The first kappa shape index (κ1) is 11.5. The van der Waals surface area contributed by atoms with E-state index in [1.54, 1.807) is 14.1 Å². The molecular weight excluding hydrogens is 272 g/mol. The number of nitrogens with zero attached hydrogens (tertiary/aromatic N) is 1. The summed E-state index contributed by atoms with van der Waals surface area (Å²) >= 11 is 8.73. The first-order valence-electron chi connectivity index (χ1n) is 3.80. The molecular formula is C9H8BrClFNO. The van der Waals surface area contributed by atoms with Crippen molar-refractivity contribution in [3.63, 3.8) is 0 Å². The molecule has 14 heavy (non-hydrogen) atoms. The van der Waals surface area contributed by atoms with Gasteiger partial charge in [0.1, 0.15) is 0 Å². The van der Waals surface area contributed by atoms with Crippen LogP contribution in [0.2, 0.25) is 5.02 Å². The van der Waals surface area contributed by atoms with Gasteiger partial charge in [-0.2, -0.15) is 0 Å². The zero-order valence-corrected chi connectivity index (χ0v) is 9.99. The van der Waals surface area contributed by atoms with E-state index < -0.39 is 11.7 Å². The van der Waals surface area contributed by atoms with Crippen LogP contribution in [0.1, 0.15) is 10.4 Å². The van der Waals surface area contributed by atoms with E-state index in [0.717, 1.165) is 0 Å². The second-order valence-electron chi connectivity index (χ2n) is 2.92. The summed E-state index contributed by atoms with van der Waals surface area (Å²) in [5.41, 5.74) is -0.106. The third-order valence-corrected chi connectivity index (χ3v) is 2.59. The highest BCUT2D eigenvalue weighted by atomic mass is 79.9. The van der Waals surface area contributed by atoms with Gasteiger partial charge in [0.05, 0.1) is 15.1 Å². The van der Waals surface area contributed by atoms with Crippen LogP contribution in [0, 0.1) is 5.82 Å². The quantitative estimate of drug-likeness (QED) is 0.724. The minimum Gasteiger partial charge on any atom is -0.345 e. The predicted molar refractivity (Wildman–Crippen MR) is 57.1 cm³/mol. The monoisotopic (exact) mass is 279 g/mol. The Hall–Kier alpha value is -0.610. The molecule has 0 fully saturated rings. The van der Waals surface area contributed by atoms with Crippen LogP contribution in [0.5, 0.6) is 0 Å². The molecule has 0 aliphatic carbocycles. The Morgan fingerprint density at radius 2 is 2.07 bits per heavy atom. The lowest BCUT2D eigenvalue weighted by Gasteiger charge is -2.12. The van der Waals surface area contributed by atoms with Gasteiger partial charge in [0, 0.05) is 14.1 Å². The van der Waals surface area contributed by atoms with E-state index >= 15 is 0 Å². The Balaban J connectivity index is 3.33. The molecule has 0 aliphatic rings. The number of halogens is 3. The number of benzene rings is 1. The molecule has 0 radical (unpaired) electrons. The maximum absolute atomic E-state index is 13.5. The summed E-state index contributed by atoms with van der Waals surface area (Å²) < 4.78 is 13.7. The van der Waals surface area contributed by atoms with Crippen LogP contribution in [-0.2, 0) is 0 Å². The van der Waals surface area contributed by atoms with Gasteiger partial charge in [-0.05, 0) is 28.1 Å². The fourth-order valence-corrected chi connectivity index (χ4v) is 1.50. The standard InChI is InChI=1S/C9H8BrClFNO/c1-13(2)9(14)7-6(11)4-3-5(10)8(7)12/h3-4H,1-2H3. The topological polar surface area (TPSA) is 20.3 Å². The minimum absolute atomic E-state index is 0.106. The van der Waals surface area contributed by atoms with Gasteiger partial charge in [-0.1, -0.05) is 11.6 Å². The van der Waals surface area contributed by atoms with Crippen LogP contribution in [-0.4, -0.2) is 24.9 Å². The summed E-state index contributed by atoms with van der Waals surface area (Å²) in [5, 5.41) is 0.115. The smallest absolute Gasteiger partial charge is 0.257 e. The Morgan fingerprint density at radius 1 is 1.50 bits per heavy atom. The molecule has 0 saturated heterocycles. The molecule has 1 aromatic rings. The van der Waals surface area contributed by atoms with Crippen LogP contribution >= 0.6 is 27.5 Å². The second-order valence-corrected chi connectivity index (χ2v) is 4.18. The minimum atomic E-state index is -0.629. The van der Waals surface area contributed by atoms with Crippen molar-refractivity contribution in [3.8, 4) is 0 Å². The van der Waals surface area contributed by atoms with E-state index in [1.165, 1.54) is 17.0 Å². The Labute approximate surface area is 94.8 Å². The lowest BCUT2D eigenvalue weighted by Crippen LogP contribution is -2.23. The van der Waals surface area contributed by atoms with Gasteiger partial charge in [0.2, 0.25) is 0 Å². The lowest BCUT2D eigenvalue weighted by atomic mass is 10.2. The van der Waals surface area contributed by atoms with Crippen LogP contribution in [0.15, 0.2) is 16.6 Å². The molecule has 2 nitrogen and oxygen atoms in total. The summed E-state index contributed by atoms with van der Waals surface area (Å²) in [6.45, 7) is 0. The molecule has 0 aliphatic heterocycles. The number of hydrogen-bond donors (Lipinski definition) is 0. The van der Waals surface area contributed by atoms with Crippen molar-refractivity contribution >= 4 is 33.4 Å². The predicted octanol–water partition coefficient (Wildman–Crippen LogP) is 2.94. The summed E-state index contributed by atoms with van der Waals surface area (Å²) in [7, 11) is 3.08. The number of rotatable bonds is 1. The van der Waals surface area contributed by atoms with Gasteiger partial charge in [0.25, 0.3) is 5.91 Å². The normalized spacial score (nSPS) is 10.1. The Morgan fingerprint density at radius 3 is 2.57 bits per heavy atom. The van der Waals surface area contributed by atoms with Crippen molar-refractivity contribution in [2.45, 2.75) is 0 Å². The van der Waals surface area contributed by atoms with Crippen LogP contribution < -0.4 is 0 Å². The Bertz CT molecular complexity index is 381. The number of carbonyl (C=O) groups is 1. The van der Waals surface area contributed by atoms with Crippen molar-refractivity contribution < 1.29 is 9.18 Å². The zero-order valence-electron chi connectivity index (χ0n) is 7.64. The lowest BCUT2D eigenvalue weighted by molar-refractivity contribution is 0.0823. The SMILES string of the molecule is CN(C)C(=O)c1c(Cl)ccc(Br)c1F. The molecule has 0 saturated carbocycles. The molecule has 1 rings (SSSR count). The molecule has 0 bridgehead atoms. The first-order valence-corrected chi connectivity index (χ1v) is 4.97. The molecule has 76 valence electrons. The van der Waals surface area contributed by atoms with Gasteiger partial charge in [-0.15, -0.1) is 0 Å². The van der Waals surface area contributed by atoms with E-state index in [2.05, 4.69) is 15.9 Å². The number of carbonyl (C=O) groups excluding carboxylic acids is 1. The maximum atomic E-state index is 13.5. The highest BCUT2D eigenvalue weighted by Gasteiger charge is 2.19. The molecule has 0 atom stereocenters. The van der Waals surface area contributed by atoms with Crippen LogP contribution in [0.25, 0.3) is 0 Å². The van der Waals surface area contributed by atoms with E-state index in [-0.39, 0.29) is 15.1 Å².